The average Bonchev–Trinajstić information content (AvgIpc) is 2.87. The van der Waals surface area contributed by atoms with Gasteiger partial charge in [0.05, 0.1) is 19.8 Å². The lowest BCUT2D eigenvalue weighted by Crippen LogP contribution is -2.46. The number of benzene rings is 3. The third kappa shape index (κ3) is 4.80. The van der Waals surface area contributed by atoms with E-state index < -0.39 is 0 Å². The van der Waals surface area contributed by atoms with E-state index in [9.17, 15) is 4.79 Å². The van der Waals surface area contributed by atoms with Crippen molar-refractivity contribution in [1.82, 2.24) is 5.32 Å². The van der Waals surface area contributed by atoms with Gasteiger partial charge in [-0.3, -0.25) is 4.79 Å². The van der Waals surface area contributed by atoms with Gasteiger partial charge in [0.15, 0.2) is 11.5 Å². The fourth-order valence-electron chi connectivity index (χ4n) is 4.03. The second-order valence-corrected chi connectivity index (χ2v) is 7.70. The summed E-state index contributed by atoms with van der Waals surface area (Å²) in [6.45, 7) is 4.43. The number of rotatable bonds is 7. The lowest BCUT2D eigenvalue weighted by Gasteiger charge is -2.37. The molecule has 1 fully saturated rings. The van der Waals surface area contributed by atoms with E-state index in [0.717, 1.165) is 31.7 Å². The van der Waals surface area contributed by atoms with Crippen molar-refractivity contribution in [3.8, 4) is 11.5 Å². The summed E-state index contributed by atoms with van der Waals surface area (Å²) in [5.74, 6) is 0.788. The summed E-state index contributed by atoms with van der Waals surface area (Å²) >= 11 is 0. The quantitative estimate of drug-likeness (QED) is 0.614. The van der Waals surface area contributed by atoms with Crippen LogP contribution in [0.5, 0.6) is 11.5 Å². The molecule has 6 nitrogen and oxygen atoms in total. The van der Waals surface area contributed by atoms with Gasteiger partial charge in [0.25, 0.3) is 5.91 Å². The van der Waals surface area contributed by atoms with E-state index in [1.165, 1.54) is 18.5 Å². The molecule has 1 aliphatic rings. The van der Waals surface area contributed by atoms with Gasteiger partial charge in [-0.25, -0.2) is 0 Å². The molecule has 4 rings (SSSR count). The van der Waals surface area contributed by atoms with Crippen LogP contribution in [0.1, 0.15) is 15.9 Å². The molecule has 0 atom stereocenters. The molecule has 1 heterocycles. The molecule has 1 N–H and O–H groups in total. The number of hydrogen-bond acceptors (Lipinski definition) is 5. The maximum absolute atomic E-state index is 12.7. The standard InChI is InChI=1S/C26H29N3O3/c1-31-24-10-6-9-23(25(24)32-2)26(30)27-19-20-11-13-22(14-12-20)29-17-15-28(16-18-29)21-7-4-3-5-8-21/h3-14H,15-19H2,1-2H3,(H,27,30). The highest BCUT2D eigenvalue weighted by Crippen LogP contribution is 2.30. The maximum atomic E-state index is 12.7. The number of ether oxygens (including phenoxy) is 2. The summed E-state index contributed by atoms with van der Waals surface area (Å²) in [7, 11) is 3.09. The molecule has 32 heavy (non-hydrogen) atoms. The van der Waals surface area contributed by atoms with E-state index in [2.05, 4.69) is 69.7 Å². The van der Waals surface area contributed by atoms with Crippen molar-refractivity contribution in [2.24, 2.45) is 0 Å². The first-order valence-electron chi connectivity index (χ1n) is 10.8. The number of carbonyl (C=O) groups excluding carboxylic acids is 1. The summed E-state index contributed by atoms with van der Waals surface area (Å²) in [5.41, 5.74) is 4.00. The zero-order valence-corrected chi connectivity index (χ0v) is 18.6. The molecule has 0 spiro atoms. The largest absolute Gasteiger partial charge is 0.493 e. The third-order valence-corrected chi connectivity index (χ3v) is 5.80. The van der Waals surface area contributed by atoms with Gasteiger partial charge in [0, 0.05) is 44.1 Å². The van der Waals surface area contributed by atoms with Crippen molar-refractivity contribution in [2.45, 2.75) is 6.54 Å². The summed E-state index contributed by atoms with van der Waals surface area (Å²) in [4.78, 5) is 17.5. The Morgan fingerprint density at radius 3 is 2.00 bits per heavy atom. The minimum Gasteiger partial charge on any atom is -0.493 e. The van der Waals surface area contributed by atoms with E-state index in [1.54, 1.807) is 25.3 Å². The topological polar surface area (TPSA) is 54.0 Å². The Bertz CT molecular complexity index is 1030. The molecular formula is C26H29N3O3. The van der Waals surface area contributed by atoms with Crippen LogP contribution in [0.4, 0.5) is 11.4 Å². The molecule has 0 aromatic heterocycles. The van der Waals surface area contributed by atoms with Crippen LogP contribution in [0.2, 0.25) is 0 Å². The lowest BCUT2D eigenvalue weighted by atomic mass is 10.1. The van der Waals surface area contributed by atoms with E-state index >= 15 is 0 Å². The van der Waals surface area contributed by atoms with Gasteiger partial charge in [0.2, 0.25) is 0 Å². The first-order valence-corrected chi connectivity index (χ1v) is 10.8. The number of anilines is 2. The Kier molecular flexibility index (Phi) is 6.80. The SMILES string of the molecule is COc1cccc(C(=O)NCc2ccc(N3CCN(c4ccccc4)CC3)cc2)c1OC. The Labute approximate surface area is 189 Å². The molecule has 0 aliphatic carbocycles. The van der Waals surface area contributed by atoms with Gasteiger partial charge in [-0.1, -0.05) is 36.4 Å². The zero-order chi connectivity index (χ0) is 22.3. The van der Waals surface area contributed by atoms with Crippen molar-refractivity contribution in [2.75, 3.05) is 50.2 Å². The molecule has 0 radical (unpaired) electrons. The monoisotopic (exact) mass is 431 g/mol. The minimum absolute atomic E-state index is 0.193. The molecule has 1 amide bonds. The second kappa shape index (κ2) is 10.1. The third-order valence-electron chi connectivity index (χ3n) is 5.80. The molecule has 1 saturated heterocycles. The summed E-state index contributed by atoms with van der Waals surface area (Å²) < 4.78 is 10.6. The number of hydrogen-bond donors (Lipinski definition) is 1. The van der Waals surface area contributed by atoms with E-state index in [1.807, 2.05) is 0 Å². The molecule has 166 valence electrons. The molecule has 3 aromatic carbocycles. The first kappa shape index (κ1) is 21.6. The molecule has 0 bridgehead atoms. The van der Waals surface area contributed by atoms with Gasteiger partial charge < -0.3 is 24.6 Å². The predicted octanol–water partition coefficient (Wildman–Crippen LogP) is 3.96. The molecule has 1 aliphatic heterocycles. The van der Waals surface area contributed by atoms with E-state index in [-0.39, 0.29) is 5.91 Å². The number of nitrogens with zero attached hydrogens (tertiary/aromatic N) is 2. The number of carbonyl (C=O) groups is 1. The van der Waals surface area contributed by atoms with Crippen LogP contribution >= 0.6 is 0 Å². The fourth-order valence-corrected chi connectivity index (χ4v) is 4.03. The maximum Gasteiger partial charge on any atom is 0.255 e. The van der Waals surface area contributed by atoms with Crippen molar-refractivity contribution in [1.29, 1.82) is 0 Å². The van der Waals surface area contributed by atoms with Crippen molar-refractivity contribution < 1.29 is 14.3 Å². The smallest absolute Gasteiger partial charge is 0.255 e. The predicted molar refractivity (Wildman–Crippen MR) is 128 cm³/mol. The van der Waals surface area contributed by atoms with Crippen LogP contribution in [0, 0.1) is 0 Å². The first-order chi connectivity index (χ1) is 15.7. The van der Waals surface area contributed by atoms with Gasteiger partial charge in [-0.05, 0) is 42.0 Å². The normalized spacial score (nSPS) is 13.6. The highest BCUT2D eigenvalue weighted by Gasteiger charge is 2.18. The van der Waals surface area contributed by atoms with Crippen LogP contribution in [-0.2, 0) is 6.54 Å². The van der Waals surface area contributed by atoms with Crippen molar-refractivity contribution in [3.63, 3.8) is 0 Å². The lowest BCUT2D eigenvalue weighted by molar-refractivity contribution is 0.0947. The highest BCUT2D eigenvalue weighted by molar-refractivity contribution is 5.97. The average molecular weight is 432 g/mol. The fraction of sp³-hybridized carbons (Fsp3) is 0.269. The minimum atomic E-state index is -0.193. The van der Waals surface area contributed by atoms with Crippen molar-refractivity contribution >= 4 is 17.3 Å². The highest BCUT2D eigenvalue weighted by atomic mass is 16.5. The number of para-hydroxylation sites is 2. The van der Waals surface area contributed by atoms with Gasteiger partial charge in [-0.2, -0.15) is 0 Å². The van der Waals surface area contributed by atoms with Gasteiger partial charge in [-0.15, -0.1) is 0 Å². The molecule has 0 unspecified atom stereocenters. The second-order valence-electron chi connectivity index (χ2n) is 7.70. The van der Waals surface area contributed by atoms with Gasteiger partial charge in [0.1, 0.15) is 0 Å². The Morgan fingerprint density at radius 1 is 0.781 bits per heavy atom. The molecule has 3 aromatic rings. The Hall–Kier alpha value is -3.67. The molecule has 6 heteroatoms. The molecular weight excluding hydrogens is 402 g/mol. The van der Waals surface area contributed by atoms with Crippen molar-refractivity contribution in [3.05, 3.63) is 83.9 Å². The van der Waals surface area contributed by atoms with Crippen LogP contribution < -0.4 is 24.6 Å². The summed E-state index contributed by atoms with van der Waals surface area (Å²) in [6, 6.07) is 24.2. The Morgan fingerprint density at radius 2 is 1.41 bits per heavy atom. The number of nitrogens with one attached hydrogen (secondary N) is 1. The van der Waals surface area contributed by atoms with Crippen LogP contribution in [0.15, 0.2) is 72.8 Å². The summed E-state index contributed by atoms with van der Waals surface area (Å²) in [5, 5.41) is 2.97. The number of amides is 1. The van der Waals surface area contributed by atoms with Crippen LogP contribution in [0.25, 0.3) is 0 Å². The Balaban J connectivity index is 1.32. The summed E-state index contributed by atoms with van der Waals surface area (Å²) in [6.07, 6.45) is 0. The number of methoxy groups -OCH3 is 2. The van der Waals surface area contributed by atoms with E-state index in [4.69, 9.17) is 9.47 Å². The molecule has 0 saturated carbocycles. The van der Waals surface area contributed by atoms with Crippen LogP contribution in [0.3, 0.4) is 0 Å². The van der Waals surface area contributed by atoms with Crippen LogP contribution in [-0.4, -0.2) is 46.3 Å². The van der Waals surface area contributed by atoms with Gasteiger partial charge >= 0.3 is 0 Å². The van der Waals surface area contributed by atoms with E-state index in [0.29, 0.717) is 23.6 Å². The number of piperazine rings is 1. The zero-order valence-electron chi connectivity index (χ0n) is 18.6.